The molecule has 1 aliphatic rings. The lowest BCUT2D eigenvalue weighted by Crippen LogP contribution is -1.89. The van der Waals surface area contributed by atoms with Gasteiger partial charge in [0.25, 0.3) is 0 Å². The van der Waals surface area contributed by atoms with Crippen LogP contribution in [0.3, 0.4) is 0 Å². The molecule has 0 atom stereocenters. The van der Waals surface area contributed by atoms with E-state index in [2.05, 4.69) is 13.8 Å². The molecule has 0 bridgehead atoms. The number of ether oxygens (including phenoxy) is 1. The first-order valence-electron chi connectivity index (χ1n) is 6.16. The highest BCUT2D eigenvalue weighted by Crippen LogP contribution is 2.29. The molecule has 0 saturated carbocycles. The Morgan fingerprint density at radius 2 is 1.88 bits per heavy atom. The zero-order valence-corrected chi connectivity index (χ0v) is 10.5. The second kappa shape index (κ2) is 6.51. The molecule has 1 aliphatic heterocycles. The normalized spacial score (nSPS) is 12.5. The van der Waals surface area contributed by atoms with Crippen molar-refractivity contribution in [3.05, 3.63) is 29.1 Å². The molecule has 1 heterocycles. The highest BCUT2D eigenvalue weighted by Gasteiger charge is 2.17. The van der Waals surface area contributed by atoms with Gasteiger partial charge in [0, 0.05) is 12.0 Å². The molecule has 0 radical (unpaired) electrons. The third-order valence-electron chi connectivity index (χ3n) is 2.71. The summed E-state index contributed by atoms with van der Waals surface area (Å²) in [5.41, 5.74) is 2.07. The van der Waals surface area contributed by atoms with E-state index in [1.807, 2.05) is 13.0 Å². The van der Waals surface area contributed by atoms with Crippen LogP contribution < -0.4 is 4.74 Å². The molecule has 16 heavy (non-hydrogen) atoms. The first-order valence-corrected chi connectivity index (χ1v) is 6.16. The summed E-state index contributed by atoms with van der Waals surface area (Å²) >= 11 is 0. The Hall–Kier alpha value is -1.05. The minimum atomic E-state index is -0.207. The van der Waals surface area contributed by atoms with Crippen molar-refractivity contribution in [3.8, 4) is 5.75 Å². The van der Waals surface area contributed by atoms with E-state index < -0.39 is 0 Å². The quantitative estimate of drug-likeness (QED) is 0.734. The van der Waals surface area contributed by atoms with Crippen LogP contribution in [-0.2, 0) is 12.8 Å². The third kappa shape index (κ3) is 3.22. The van der Waals surface area contributed by atoms with Gasteiger partial charge in [-0.15, -0.1) is 0 Å². The van der Waals surface area contributed by atoms with Crippen LogP contribution in [0, 0.1) is 5.82 Å². The van der Waals surface area contributed by atoms with Gasteiger partial charge in [-0.05, 0) is 18.1 Å². The molecule has 1 nitrogen and oxygen atoms in total. The topological polar surface area (TPSA) is 9.23 Å². The fourth-order valence-electron chi connectivity index (χ4n) is 1.53. The molecule has 0 spiro atoms. The van der Waals surface area contributed by atoms with Gasteiger partial charge in [-0.2, -0.15) is 0 Å². The summed E-state index contributed by atoms with van der Waals surface area (Å²) in [6, 6.07) is 3.59. The Morgan fingerprint density at radius 3 is 2.44 bits per heavy atom. The number of halogens is 1. The maximum atomic E-state index is 13.2. The Balaban J connectivity index is 0.000000280. The van der Waals surface area contributed by atoms with Crippen molar-refractivity contribution in [3.63, 3.8) is 0 Å². The van der Waals surface area contributed by atoms with Gasteiger partial charge >= 0.3 is 0 Å². The fourth-order valence-corrected chi connectivity index (χ4v) is 1.53. The van der Waals surface area contributed by atoms with Gasteiger partial charge in [-0.3, -0.25) is 0 Å². The van der Waals surface area contributed by atoms with Crippen LogP contribution >= 0.6 is 0 Å². The number of fused-ring (bicyclic) bond motifs is 1. The Morgan fingerprint density at radius 1 is 1.19 bits per heavy atom. The van der Waals surface area contributed by atoms with Crippen LogP contribution in [-0.4, -0.2) is 6.61 Å². The van der Waals surface area contributed by atoms with E-state index in [1.165, 1.54) is 12.8 Å². The molecular weight excluding hydrogens is 203 g/mol. The monoisotopic (exact) mass is 224 g/mol. The van der Waals surface area contributed by atoms with E-state index in [0.29, 0.717) is 12.4 Å². The fraction of sp³-hybridized carbons (Fsp3) is 0.571. The van der Waals surface area contributed by atoms with Crippen LogP contribution in [0.15, 0.2) is 12.1 Å². The third-order valence-corrected chi connectivity index (χ3v) is 2.71. The minimum absolute atomic E-state index is 0.207. The van der Waals surface area contributed by atoms with Crippen LogP contribution in [0.5, 0.6) is 5.75 Å². The van der Waals surface area contributed by atoms with Gasteiger partial charge in [0.05, 0.1) is 6.61 Å². The largest absolute Gasteiger partial charge is 0.490 e. The molecule has 0 aliphatic carbocycles. The molecule has 0 fully saturated rings. The average Bonchev–Trinajstić information content (AvgIpc) is 2.78. The highest BCUT2D eigenvalue weighted by molar-refractivity contribution is 5.41. The van der Waals surface area contributed by atoms with Crippen LogP contribution in [0.25, 0.3) is 0 Å². The summed E-state index contributed by atoms with van der Waals surface area (Å²) in [6.07, 6.45) is 4.37. The lowest BCUT2D eigenvalue weighted by atomic mass is 10.1. The SMILES string of the molecule is CCCC.CCc1cc(F)c2c(c1)CCO2. The average molecular weight is 224 g/mol. The molecule has 1 aromatic rings. The summed E-state index contributed by atoms with van der Waals surface area (Å²) in [5, 5.41) is 0. The molecule has 1 aromatic carbocycles. The van der Waals surface area contributed by atoms with Crippen molar-refractivity contribution in [2.24, 2.45) is 0 Å². The van der Waals surface area contributed by atoms with Crippen LogP contribution in [0.1, 0.15) is 44.7 Å². The first-order chi connectivity index (χ1) is 7.72. The van der Waals surface area contributed by atoms with Gasteiger partial charge in [-0.25, -0.2) is 4.39 Å². The van der Waals surface area contributed by atoms with Crippen molar-refractivity contribution < 1.29 is 9.13 Å². The molecule has 0 aromatic heterocycles. The minimum Gasteiger partial charge on any atom is -0.490 e. The van der Waals surface area contributed by atoms with Gasteiger partial charge in [0.1, 0.15) is 0 Å². The zero-order chi connectivity index (χ0) is 12.0. The summed E-state index contributed by atoms with van der Waals surface area (Å²) < 4.78 is 18.4. The summed E-state index contributed by atoms with van der Waals surface area (Å²) in [6.45, 7) is 7.01. The van der Waals surface area contributed by atoms with E-state index in [0.717, 1.165) is 24.0 Å². The predicted octanol–water partition coefficient (Wildman–Crippen LogP) is 4.13. The molecule has 0 unspecified atom stereocenters. The van der Waals surface area contributed by atoms with Crippen molar-refractivity contribution in [1.82, 2.24) is 0 Å². The van der Waals surface area contributed by atoms with Gasteiger partial charge in [-0.1, -0.05) is 39.7 Å². The maximum Gasteiger partial charge on any atom is 0.165 e. The summed E-state index contributed by atoms with van der Waals surface area (Å²) in [4.78, 5) is 0. The lowest BCUT2D eigenvalue weighted by molar-refractivity contribution is 0.339. The van der Waals surface area contributed by atoms with E-state index in [-0.39, 0.29) is 5.82 Å². The standard InChI is InChI=1S/C10H11FO.C4H10/c1-2-7-5-8-3-4-12-10(8)9(11)6-7;1-3-4-2/h5-6H,2-4H2,1H3;3-4H2,1-2H3. The van der Waals surface area contributed by atoms with Crippen molar-refractivity contribution in [1.29, 1.82) is 0 Å². The second-order valence-electron chi connectivity index (χ2n) is 4.02. The predicted molar refractivity (Wildman–Crippen MR) is 65.6 cm³/mol. The van der Waals surface area contributed by atoms with Crippen molar-refractivity contribution >= 4 is 0 Å². The van der Waals surface area contributed by atoms with Crippen molar-refractivity contribution in [2.75, 3.05) is 6.61 Å². The number of benzene rings is 1. The number of hydrogen-bond acceptors (Lipinski definition) is 1. The second-order valence-corrected chi connectivity index (χ2v) is 4.02. The summed E-state index contributed by atoms with van der Waals surface area (Å²) in [7, 11) is 0. The molecule has 0 N–H and O–H groups in total. The summed E-state index contributed by atoms with van der Waals surface area (Å²) in [5.74, 6) is 0.258. The molecular formula is C14H21FO. The van der Waals surface area contributed by atoms with Gasteiger partial charge < -0.3 is 4.74 Å². The smallest absolute Gasteiger partial charge is 0.165 e. The molecule has 0 saturated heterocycles. The molecule has 2 heteroatoms. The van der Waals surface area contributed by atoms with E-state index in [9.17, 15) is 4.39 Å². The molecule has 0 amide bonds. The Bertz CT molecular complexity index is 332. The van der Waals surface area contributed by atoms with Crippen LogP contribution in [0.4, 0.5) is 4.39 Å². The number of rotatable bonds is 2. The van der Waals surface area contributed by atoms with E-state index >= 15 is 0 Å². The number of hydrogen-bond donors (Lipinski definition) is 0. The van der Waals surface area contributed by atoms with Crippen LogP contribution in [0.2, 0.25) is 0 Å². The lowest BCUT2D eigenvalue weighted by Gasteiger charge is -2.02. The Kier molecular flexibility index (Phi) is 5.30. The van der Waals surface area contributed by atoms with E-state index in [1.54, 1.807) is 6.07 Å². The zero-order valence-electron chi connectivity index (χ0n) is 10.5. The van der Waals surface area contributed by atoms with Crippen molar-refractivity contribution in [2.45, 2.75) is 46.5 Å². The molecule has 90 valence electrons. The maximum absolute atomic E-state index is 13.2. The highest BCUT2D eigenvalue weighted by atomic mass is 19.1. The van der Waals surface area contributed by atoms with Gasteiger partial charge in [0.2, 0.25) is 0 Å². The Labute approximate surface area is 97.6 Å². The first kappa shape index (κ1) is 13.0. The van der Waals surface area contributed by atoms with E-state index in [4.69, 9.17) is 4.74 Å². The van der Waals surface area contributed by atoms with Gasteiger partial charge in [0.15, 0.2) is 11.6 Å². The number of aryl methyl sites for hydroxylation is 1. The molecule has 2 rings (SSSR count). The number of unbranched alkanes of at least 4 members (excludes halogenated alkanes) is 1.